The van der Waals surface area contributed by atoms with Crippen molar-refractivity contribution in [3.05, 3.63) is 138 Å². The zero-order valence-electron chi connectivity index (χ0n) is 40.1. The number of nitrogens with one attached hydrogen (secondary N) is 2. The van der Waals surface area contributed by atoms with Crippen molar-refractivity contribution in [3.63, 3.8) is 0 Å². The Morgan fingerprint density at radius 3 is 2.09 bits per heavy atom. The van der Waals surface area contributed by atoms with E-state index in [0.717, 1.165) is 128 Å². The molecular weight excluding hydrogens is 944 g/mol. The predicted molar refractivity (Wildman–Crippen MR) is 287 cm³/mol. The van der Waals surface area contributed by atoms with E-state index in [1.807, 2.05) is 91.5 Å². The van der Waals surface area contributed by atoms with Crippen molar-refractivity contribution in [2.24, 2.45) is 0 Å². The lowest BCUT2D eigenvalue weighted by Crippen LogP contribution is -2.46. The first-order valence-corrected chi connectivity index (χ1v) is 28.8. The van der Waals surface area contributed by atoms with Crippen LogP contribution in [0.25, 0.3) is 22.4 Å². The Kier molecular flexibility index (Phi) is 16.4. The summed E-state index contributed by atoms with van der Waals surface area (Å²) in [7, 11) is -7.46. The molecule has 1 aromatic heterocycles. The summed E-state index contributed by atoms with van der Waals surface area (Å²) in [6.07, 6.45) is 5.10. The molecule has 11 nitrogen and oxygen atoms in total. The summed E-state index contributed by atoms with van der Waals surface area (Å²) in [5, 5.41) is 14.3. The zero-order valence-corrected chi connectivity index (χ0v) is 43.3. The molecule has 8 rings (SSSR count). The van der Waals surface area contributed by atoms with Crippen LogP contribution in [-0.2, 0) is 32.8 Å². The fourth-order valence-corrected chi connectivity index (χ4v) is 13.2. The van der Waals surface area contributed by atoms with Crippen LogP contribution in [0.1, 0.15) is 50.8 Å². The molecule has 0 bridgehead atoms. The lowest BCUT2D eigenvalue weighted by Gasteiger charge is -2.37. The highest BCUT2D eigenvalue weighted by molar-refractivity contribution is 7.99. The summed E-state index contributed by atoms with van der Waals surface area (Å²) in [4.78, 5) is 8.87. The second kappa shape index (κ2) is 22.4. The molecule has 0 aliphatic carbocycles. The van der Waals surface area contributed by atoms with Gasteiger partial charge in [-0.1, -0.05) is 67.4 Å². The number of piperidine rings is 1. The van der Waals surface area contributed by atoms with E-state index in [9.17, 15) is 21.9 Å². The molecule has 6 aromatic rings. The number of hydrogen-bond acceptors (Lipinski definition) is 10. The second-order valence-electron chi connectivity index (χ2n) is 18.3. The monoisotopic (exact) mass is 1010 g/mol. The molecule has 1 atom stereocenters. The molecule has 3 heterocycles. The van der Waals surface area contributed by atoms with Crippen LogP contribution in [0.3, 0.4) is 0 Å². The topological polar surface area (TPSA) is 127 Å². The van der Waals surface area contributed by atoms with Crippen molar-refractivity contribution in [1.82, 2.24) is 9.47 Å². The minimum Gasteiger partial charge on any atom is -0.393 e. The maximum absolute atomic E-state index is 13.7. The second-order valence-corrected chi connectivity index (χ2v) is 23.4. The number of aliphatic hydroxyl groups excluding tert-OH is 1. The fourth-order valence-electron chi connectivity index (χ4n) is 9.67. The number of hydrogen-bond donors (Lipinski definition) is 3. The van der Waals surface area contributed by atoms with E-state index < -0.39 is 19.9 Å². The highest BCUT2D eigenvalue weighted by atomic mass is 35.5. The molecule has 2 fully saturated rings. The lowest BCUT2D eigenvalue weighted by molar-refractivity contribution is 0.0817. The Morgan fingerprint density at radius 2 is 1.45 bits per heavy atom. The number of anilines is 4. The van der Waals surface area contributed by atoms with E-state index in [-0.39, 0.29) is 17.0 Å². The van der Waals surface area contributed by atoms with Gasteiger partial charge in [0.15, 0.2) is 9.84 Å². The maximum atomic E-state index is 13.7. The average Bonchev–Trinajstić information content (AvgIpc) is 3.69. The van der Waals surface area contributed by atoms with Gasteiger partial charge in [-0.25, -0.2) is 16.8 Å². The molecule has 5 aromatic carbocycles. The molecule has 0 amide bonds. The minimum absolute atomic E-state index is 0.157. The molecule has 0 unspecified atom stereocenters. The molecule has 2 saturated heterocycles. The Labute approximate surface area is 418 Å². The van der Waals surface area contributed by atoms with Gasteiger partial charge in [0, 0.05) is 114 Å². The van der Waals surface area contributed by atoms with Crippen LogP contribution in [-0.4, -0.2) is 101 Å². The van der Waals surface area contributed by atoms with Gasteiger partial charge >= 0.3 is 0 Å². The molecule has 69 heavy (non-hydrogen) atoms. The van der Waals surface area contributed by atoms with Gasteiger partial charge in [0.05, 0.1) is 21.6 Å². The summed E-state index contributed by atoms with van der Waals surface area (Å²) >= 11 is 8.12. The van der Waals surface area contributed by atoms with Gasteiger partial charge in [-0.2, -0.15) is 0 Å². The Balaban J connectivity index is 0.919. The van der Waals surface area contributed by atoms with Crippen LogP contribution in [0.2, 0.25) is 5.02 Å². The quantitative estimate of drug-likeness (QED) is 0.0675. The largest absolute Gasteiger partial charge is 0.393 e. The normalized spacial score (nSPS) is 15.6. The van der Waals surface area contributed by atoms with E-state index in [4.69, 9.17) is 11.6 Å². The van der Waals surface area contributed by atoms with Crippen LogP contribution >= 0.6 is 23.4 Å². The Hall–Kier alpha value is -4.96. The number of nitrogens with zero attached hydrogens (tertiary/aromatic N) is 4. The van der Waals surface area contributed by atoms with E-state index in [0.29, 0.717) is 28.6 Å². The van der Waals surface area contributed by atoms with Crippen molar-refractivity contribution in [2.45, 2.75) is 86.3 Å². The highest BCUT2D eigenvalue weighted by Crippen LogP contribution is 2.44. The number of thioether (sulfide) groups is 1. The number of aliphatic hydroxyl groups is 1. The number of sulfonamides is 1. The van der Waals surface area contributed by atoms with Crippen LogP contribution in [0.4, 0.5) is 22.7 Å². The summed E-state index contributed by atoms with van der Waals surface area (Å²) in [5.74, 6) is 0.860. The van der Waals surface area contributed by atoms with Gasteiger partial charge in [0.25, 0.3) is 10.0 Å². The molecule has 0 spiro atoms. The predicted octanol–water partition coefficient (Wildman–Crippen LogP) is 10.7. The summed E-state index contributed by atoms with van der Waals surface area (Å²) in [6, 6.07) is 39.2. The van der Waals surface area contributed by atoms with Gasteiger partial charge in [-0.15, -0.1) is 11.8 Å². The first-order valence-electron chi connectivity index (χ1n) is 24.1. The highest BCUT2D eigenvalue weighted by Gasteiger charge is 2.30. The Morgan fingerprint density at radius 1 is 0.768 bits per heavy atom. The fraction of sp³-hybridized carbons (Fsp3) is 0.370. The van der Waals surface area contributed by atoms with E-state index in [1.165, 1.54) is 11.2 Å². The number of halogens is 1. The number of aromatic nitrogens is 1. The van der Waals surface area contributed by atoms with Gasteiger partial charge in [0.2, 0.25) is 0 Å². The van der Waals surface area contributed by atoms with Gasteiger partial charge in [-0.05, 0) is 135 Å². The van der Waals surface area contributed by atoms with Crippen molar-refractivity contribution >= 4 is 66.0 Å². The molecule has 2 aliphatic heterocycles. The van der Waals surface area contributed by atoms with E-state index in [1.54, 1.807) is 12.1 Å². The van der Waals surface area contributed by atoms with Crippen LogP contribution in [0.15, 0.2) is 136 Å². The van der Waals surface area contributed by atoms with Crippen LogP contribution < -0.4 is 19.8 Å². The number of sulfone groups is 1. The lowest BCUT2D eigenvalue weighted by atomic mass is 10.00. The first-order chi connectivity index (χ1) is 33.2. The molecule has 0 saturated carbocycles. The number of rotatable bonds is 19. The zero-order chi connectivity index (χ0) is 48.7. The van der Waals surface area contributed by atoms with E-state index in [2.05, 4.69) is 79.6 Å². The van der Waals surface area contributed by atoms with Crippen molar-refractivity contribution in [1.29, 1.82) is 0 Å². The third kappa shape index (κ3) is 12.3. The molecule has 2 aliphatic rings. The molecule has 0 radical (unpaired) electrons. The molecule has 366 valence electrons. The third-order valence-electron chi connectivity index (χ3n) is 13.3. The van der Waals surface area contributed by atoms with Crippen molar-refractivity contribution in [3.8, 4) is 22.4 Å². The van der Waals surface area contributed by atoms with Crippen molar-refractivity contribution < 1.29 is 21.9 Å². The van der Waals surface area contributed by atoms with Gasteiger partial charge in [0.1, 0.15) is 0 Å². The first kappa shape index (κ1) is 50.4. The van der Waals surface area contributed by atoms with Gasteiger partial charge < -0.3 is 29.7 Å². The van der Waals surface area contributed by atoms with Crippen LogP contribution in [0, 0.1) is 6.92 Å². The summed E-state index contributed by atoms with van der Waals surface area (Å²) in [6.45, 7) is 12.4. The number of benzene rings is 5. The number of likely N-dealkylation sites (tertiary alicyclic amines) is 1. The third-order valence-corrected chi connectivity index (χ3v) is 17.3. The standard InChI is InChI=1S/C54H65ClN6O5S3/c1-5-11-51-54(68(4,63)64)52(53(61(51)6-2)40-16-18-42(55)19-17-40)41-12-10-13-46(37-41)60-34-32-59(33-35-60)45-22-20-43(21-23-45)57-69(65,66)49-24-25-50(39(3)36-49)56-44(38-67-48-14-8-7-9-15-48)26-29-58-30-27-47(62)28-31-58/h7-10,12-25,36-37,44,47,56-57,62H,5-6,11,26-35,38H2,1-4H3/t44-/m1/s1. The molecule has 3 N–H and O–H groups in total. The number of piperazine rings is 1. The maximum Gasteiger partial charge on any atom is 0.261 e. The SMILES string of the molecule is CCCc1c(S(C)(=O)=O)c(-c2cccc(N3CCN(c4ccc(NS(=O)(=O)c5ccc(N[C@H](CCN6CCC(O)CC6)CSc6ccccc6)c(C)c5)cc4)CC3)c2)c(-c2ccc(Cl)cc2)n1CC. The Bertz CT molecular complexity index is 2900. The average molecular weight is 1010 g/mol. The van der Waals surface area contributed by atoms with Crippen LogP contribution in [0.5, 0.6) is 0 Å². The smallest absolute Gasteiger partial charge is 0.261 e. The van der Waals surface area contributed by atoms with Gasteiger partial charge in [-0.3, -0.25) is 4.72 Å². The molecule has 15 heteroatoms. The number of aryl methyl sites for hydroxylation is 1. The summed E-state index contributed by atoms with van der Waals surface area (Å²) in [5.41, 5.74) is 8.50. The van der Waals surface area contributed by atoms with E-state index >= 15 is 0 Å². The summed E-state index contributed by atoms with van der Waals surface area (Å²) < 4.78 is 59.8. The minimum atomic E-state index is -3.86. The van der Waals surface area contributed by atoms with Crippen molar-refractivity contribution in [2.75, 3.05) is 77.7 Å². The molecular formula is C54H65ClN6O5S3.